The van der Waals surface area contributed by atoms with Gasteiger partial charge in [0.2, 0.25) is 0 Å². The van der Waals surface area contributed by atoms with E-state index in [-0.39, 0.29) is 0 Å². The Morgan fingerprint density at radius 1 is 1.59 bits per heavy atom. The Morgan fingerprint density at radius 2 is 2.12 bits per heavy atom. The average Bonchev–Trinajstić information content (AvgIpc) is 2.46. The highest BCUT2D eigenvalue weighted by atomic mass is 35.5. The van der Waals surface area contributed by atoms with Gasteiger partial charge in [0.25, 0.3) is 0 Å². The number of nitrogens with two attached hydrogens (primary N) is 1. The molecule has 0 saturated heterocycles. The van der Waals surface area contributed by atoms with E-state index in [1.54, 1.807) is 18.4 Å². The maximum Gasteiger partial charge on any atom is 0.414 e. The van der Waals surface area contributed by atoms with Gasteiger partial charge in [-0.2, -0.15) is 13.2 Å². The Bertz CT molecular complexity index is 321. The van der Waals surface area contributed by atoms with Crippen molar-refractivity contribution in [3.8, 4) is 0 Å². The molecule has 3 N–H and O–H groups in total. The van der Waals surface area contributed by atoms with Crippen molar-refractivity contribution < 1.29 is 18.3 Å². The van der Waals surface area contributed by atoms with Gasteiger partial charge in [0.15, 0.2) is 6.10 Å². The number of aliphatic hydroxyl groups excluding tert-OH is 1. The fraction of sp³-hybridized carbons (Fsp3) is 0.800. The summed E-state index contributed by atoms with van der Waals surface area (Å²) < 4.78 is 36.2. The SMILES string of the molecule is CC(N)(CC(O)C(F)(F)F)C1(C)SC=CC1Cl. The predicted molar refractivity (Wildman–Crippen MR) is 64.0 cm³/mol. The normalized spacial score (nSPS) is 34.7. The lowest BCUT2D eigenvalue weighted by atomic mass is 9.80. The second-order valence-electron chi connectivity index (χ2n) is 4.63. The first kappa shape index (κ1) is 15.1. The molecule has 1 aliphatic rings. The van der Waals surface area contributed by atoms with Crippen LogP contribution in [0.2, 0.25) is 0 Å². The van der Waals surface area contributed by atoms with Crippen LogP contribution in [0.3, 0.4) is 0 Å². The molecule has 0 spiro atoms. The van der Waals surface area contributed by atoms with Crippen LogP contribution in [0, 0.1) is 0 Å². The summed E-state index contributed by atoms with van der Waals surface area (Å²) in [6, 6.07) is 0. The molecule has 0 radical (unpaired) electrons. The monoisotopic (exact) mass is 289 g/mol. The standard InChI is InChI=1S/C10H15ClF3NOS/c1-8(15,5-7(16)10(12,13)14)9(2)6(11)3-4-17-9/h3-4,6-7,16H,5,15H2,1-2H3. The van der Waals surface area contributed by atoms with Gasteiger partial charge in [0, 0.05) is 12.0 Å². The van der Waals surface area contributed by atoms with Crippen LogP contribution >= 0.6 is 23.4 Å². The summed E-state index contributed by atoms with van der Waals surface area (Å²) in [6.07, 6.45) is -5.98. The van der Waals surface area contributed by atoms with Crippen molar-refractivity contribution in [1.29, 1.82) is 0 Å². The van der Waals surface area contributed by atoms with Crippen molar-refractivity contribution in [2.24, 2.45) is 5.73 Å². The topological polar surface area (TPSA) is 46.2 Å². The van der Waals surface area contributed by atoms with Crippen LogP contribution < -0.4 is 5.73 Å². The summed E-state index contributed by atoms with van der Waals surface area (Å²) in [4.78, 5) is 0. The van der Waals surface area contributed by atoms with E-state index >= 15 is 0 Å². The van der Waals surface area contributed by atoms with Crippen LogP contribution in [0.4, 0.5) is 13.2 Å². The van der Waals surface area contributed by atoms with Crippen LogP contribution in [0.1, 0.15) is 20.3 Å². The van der Waals surface area contributed by atoms with Gasteiger partial charge in [0.1, 0.15) is 0 Å². The summed E-state index contributed by atoms with van der Waals surface area (Å²) in [7, 11) is 0. The van der Waals surface area contributed by atoms with Gasteiger partial charge in [-0.1, -0.05) is 6.08 Å². The molecular formula is C10H15ClF3NOS. The molecule has 0 aliphatic carbocycles. The molecule has 0 bridgehead atoms. The van der Waals surface area contributed by atoms with Gasteiger partial charge < -0.3 is 10.8 Å². The van der Waals surface area contributed by atoms with E-state index in [1.165, 1.54) is 18.7 Å². The third-order valence-electron chi connectivity index (χ3n) is 3.22. The number of hydrogen-bond donors (Lipinski definition) is 2. The zero-order valence-corrected chi connectivity index (χ0v) is 11.0. The van der Waals surface area contributed by atoms with Crippen molar-refractivity contribution in [2.75, 3.05) is 0 Å². The highest BCUT2D eigenvalue weighted by Gasteiger charge is 2.52. The predicted octanol–water partition coefficient (Wildman–Crippen LogP) is 2.64. The van der Waals surface area contributed by atoms with Crippen molar-refractivity contribution in [2.45, 2.75) is 48.2 Å². The van der Waals surface area contributed by atoms with Crippen molar-refractivity contribution in [3.63, 3.8) is 0 Å². The molecule has 0 aromatic carbocycles. The molecule has 4 atom stereocenters. The molecule has 1 rings (SSSR count). The number of rotatable bonds is 3. The minimum Gasteiger partial charge on any atom is -0.384 e. The molecule has 1 aliphatic heterocycles. The zero-order chi connectivity index (χ0) is 13.5. The first-order chi connectivity index (χ1) is 7.51. The minimum absolute atomic E-state index is 0.456. The van der Waals surface area contributed by atoms with E-state index in [0.717, 1.165) is 0 Å². The Labute approximate surface area is 107 Å². The molecule has 0 saturated carbocycles. The molecule has 17 heavy (non-hydrogen) atoms. The summed E-state index contributed by atoms with van der Waals surface area (Å²) in [5.74, 6) is 0. The lowest BCUT2D eigenvalue weighted by Crippen LogP contribution is -2.60. The van der Waals surface area contributed by atoms with Gasteiger partial charge in [-0.15, -0.1) is 23.4 Å². The summed E-state index contributed by atoms with van der Waals surface area (Å²) in [5.41, 5.74) is 4.71. The number of alkyl halides is 4. The van der Waals surface area contributed by atoms with E-state index in [4.69, 9.17) is 22.4 Å². The Hall–Kier alpha value is 0.0900. The number of thioether (sulfide) groups is 1. The summed E-state index contributed by atoms with van der Waals surface area (Å²) in [6.45, 7) is 3.19. The maximum absolute atomic E-state index is 12.3. The van der Waals surface area contributed by atoms with Gasteiger partial charge >= 0.3 is 6.18 Å². The third kappa shape index (κ3) is 2.92. The smallest absolute Gasteiger partial charge is 0.384 e. The second-order valence-corrected chi connectivity index (χ2v) is 6.46. The quantitative estimate of drug-likeness (QED) is 0.785. The lowest BCUT2D eigenvalue weighted by Gasteiger charge is -2.43. The highest BCUT2D eigenvalue weighted by molar-refractivity contribution is 8.03. The number of aliphatic hydroxyl groups is 1. The van der Waals surface area contributed by atoms with E-state index in [9.17, 15) is 13.2 Å². The van der Waals surface area contributed by atoms with Crippen LogP contribution in [0.15, 0.2) is 11.5 Å². The molecule has 0 aromatic heterocycles. The van der Waals surface area contributed by atoms with Gasteiger partial charge in [0.05, 0.1) is 10.1 Å². The molecule has 0 fully saturated rings. The van der Waals surface area contributed by atoms with E-state index in [1.807, 2.05) is 0 Å². The lowest BCUT2D eigenvalue weighted by molar-refractivity contribution is -0.209. The molecule has 0 aromatic rings. The van der Waals surface area contributed by atoms with Crippen molar-refractivity contribution in [3.05, 3.63) is 11.5 Å². The minimum atomic E-state index is -4.66. The summed E-state index contributed by atoms with van der Waals surface area (Å²) >= 11 is 7.35. The van der Waals surface area contributed by atoms with Crippen LogP contribution in [0.25, 0.3) is 0 Å². The Kier molecular flexibility index (Phi) is 4.14. The zero-order valence-electron chi connectivity index (χ0n) is 9.46. The Balaban J connectivity index is 2.82. The molecule has 7 heteroatoms. The van der Waals surface area contributed by atoms with E-state index in [0.29, 0.717) is 0 Å². The van der Waals surface area contributed by atoms with Crippen molar-refractivity contribution >= 4 is 23.4 Å². The summed E-state index contributed by atoms with van der Waals surface area (Å²) in [5, 5.41) is 10.4. The molecule has 100 valence electrons. The van der Waals surface area contributed by atoms with Gasteiger partial charge in [-0.25, -0.2) is 0 Å². The van der Waals surface area contributed by atoms with Crippen LogP contribution in [-0.4, -0.2) is 33.0 Å². The fourth-order valence-electron chi connectivity index (χ4n) is 1.67. The van der Waals surface area contributed by atoms with E-state index in [2.05, 4.69) is 0 Å². The third-order valence-corrected chi connectivity index (χ3v) is 5.43. The highest BCUT2D eigenvalue weighted by Crippen LogP contribution is 2.48. The second kappa shape index (κ2) is 4.64. The van der Waals surface area contributed by atoms with Crippen LogP contribution in [-0.2, 0) is 0 Å². The first-order valence-corrected chi connectivity index (χ1v) is 6.34. The largest absolute Gasteiger partial charge is 0.414 e. The van der Waals surface area contributed by atoms with Crippen molar-refractivity contribution in [1.82, 2.24) is 0 Å². The average molecular weight is 290 g/mol. The molecule has 1 heterocycles. The van der Waals surface area contributed by atoms with Crippen LogP contribution in [0.5, 0.6) is 0 Å². The Morgan fingerprint density at radius 3 is 2.47 bits per heavy atom. The fourth-order valence-corrected chi connectivity index (χ4v) is 3.31. The van der Waals surface area contributed by atoms with Gasteiger partial charge in [-0.3, -0.25) is 0 Å². The number of hydrogen-bond acceptors (Lipinski definition) is 3. The molecular weight excluding hydrogens is 275 g/mol. The van der Waals surface area contributed by atoms with E-state index < -0.39 is 34.4 Å². The number of halogens is 4. The number of allylic oxidation sites excluding steroid dienone is 1. The van der Waals surface area contributed by atoms with Gasteiger partial charge in [-0.05, 0) is 19.3 Å². The first-order valence-electron chi connectivity index (χ1n) is 5.03. The molecule has 2 nitrogen and oxygen atoms in total. The molecule has 4 unspecified atom stereocenters. The molecule has 0 amide bonds. The maximum atomic E-state index is 12.3.